The molecule has 0 bridgehead atoms. The Morgan fingerprint density at radius 3 is 2.46 bits per heavy atom. The molecule has 0 spiro atoms. The molecule has 2 N–H and O–H groups in total. The molecule has 3 aromatic rings. The van der Waals surface area contributed by atoms with Crippen LogP contribution in [0.15, 0.2) is 49.1 Å². The van der Waals surface area contributed by atoms with Crippen molar-refractivity contribution in [3.8, 4) is 11.3 Å². The smallest absolute Gasteiger partial charge is 0.155 e. The fraction of sp³-hybridized carbons (Fsp3) is 0.381. The highest BCUT2D eigenvalue weighted by atomic mass is 16.3. The second kappa shape index (κ2) is 8.50. The maximum absolute atomic E-state index is 9.27. The molecular formula is C21H26N6O. The van der Waals surface area contributed by atoms with Gasteiger partial charge in [-0.3, -0.25) is 15.0 Å². The average Bonchev–Trinajstić information content (AvgIpc) is 3.29. The van der Waals surface area contributed by atoms with Crippen LogP contribution in [-0.4, -0.2) is 56.4 Å². The number of hydrogen-bond donors (Lipinski definition) is 2. The minimum absolute atomic E-state index is 0.0465. The fourth-order valence-corrected chi connectivity index (χ4v) is 3.93. The van der Waals surface area contributed by atoms with E-state index < -0.39 is 0 Å². The van der Waals surface area contributed by atoms with Gasteiger partial charge in [0.2, 0.25) is 0 Å². The van der Waals surface area contributed by atoms with Crippen molar-refractivity contribution in [3.05, 3.63) is 60.2 Å². The molecular weight excluding hydrogens is 352 g/mol. The molecule has 0 amide bonds. The third kappa shape index (κ3) is 3.76. The molecule has 7 nitrogen and oxygen atoms in total. The van der Waals surface area contributed by atoms with Crippen molar-refractivity contribution in [2.45, 2.75) is 26.0 Å². The van der Waals surface area contributed by atoms with E-state index in [9.17, 15) is 5.11 Å². The SMILES string of the molecule is CCC(c1cn[nH]c1)N1CCN(c2nccnc2-c2ccc(CO)cc2)CC1. The number of nitrogens with one attached hydrogen (secondary N) is 1. The van der Waals surface area contributed by atoms with Crippen molar-refractivity contribution in [1.29, 1.82) is 0 Å². The molecule has 146 valence electrons. The minimum atomic E-state index is 0.0465. The van der Waals surface area contributed by atoms with Crippen LogP contribution in [-0.2, 0) is 6.61 Å². The van der Waals surface area contributed by atoms with E-state index in [1.165, 1.54) is 5.56 Å². The van der Waals surface area contributed by atoms with Gasteiger partial charge in [0, 0.05) is 61.9 Å². The van der Waals surface area contributed by atoms with Gasteiger partial charge in [0.25, 0.3) is 0 Å². The minimum Gasteiger partial charge on any atom is -0.392 e. The van der Waals surface area contributed by atoms with Crippen molar-refractivity contribution < 1.29 is 5.11 Å². The zero-order chi connectivity index (χ0) is 19.3. The van der Waals surface area contributed by atoms with E-state index >= 15 is 0 Å². The number of aliphatic hydroxyl groups excluding tert-OH is 1. The Bertz CT molecular complexity index is 872. The normalized spacial score (nSPS) is 16.3. The molecule has 1 atom stereocenters. The first-order valence-corrected chi connectivity index (χ1v) is 9.79. The quantitative estimate of drug-likeness (QED) is 0.686. The maximum Gasteiger partial charge on any atom is 0.155 e. The topological polar surface area (TPSA) is 81.2 Å². The van der Waals surface area contributed by atoms with Crippen molar-refractivity contribution in [2.75, 3.05) is 31.1 Å². The van der Waals surface area contributed by atoms with Crippen molar-refractivity contribution in [1.82, 2.24) is 25.1 Å². The van der Waals surface area contributed by atoms with Gasteiger partial charge in [0.15, 0.2) is 5.82 Å². The largest absolute Gasteiger partial charge is 0.392 e. The summed E-state index contributed by atoms with van der Waals surface area (Å²) in [5.74, 6) is 0.926. The Labute approximate surface area is 165 Å². The molecule has 2 aromatic heterocycles. The van der Waals surface area contributed by atoms with Crippen LogP contribution in [0, 0.1) is 0 Å². The van der Waals surface area contributed by atoms with E-state index in [1.54, 1.807) is 12.4 Å². The second-order valence-corrected chi connectivity index (χ2v) is 7.06. The molecule has 7 heteroatoms. The van der Waals surface area contributed by atoms with E-state index in [-0.39, 0.29) is 6.61 Å². The van der Waals surface area contributed by atoms with Crippen LogP contribution in [0.4, 0.5) is 5.82 Å². The van der Waals surface area contributed by atoms with Gasteiger partial charge in [0.1, 0.15) is 5.69 Å². The van der Waals surface area contributed by atoms with Gasteiger partial charge in [-0.15, -0.1) is 0 Å². The predicted molar refractivity (Wildman–Crippen MR) is 109 cm³/mol. The Balaban J connectivity index is 1.50. The van der Waals surface area contributed by atoms with Gasteiger partial charge < -0.3 is 10.0 Å². The number of benzene rings is 1. The highest BCUT2D eigenvalue weighted by molar-refractivity contribution is 5.72. The molecule has 3 heterocycles. The summed E-state index contributed by atoms with van der Waals surface area (Å²) in [7, 11) is 0. The summed E-state index contributed by atoms with van der Waals surface area (Å²) in [4.78, 5) is 14.1. The number of aromatic amines is 1. The lowest BCUT2D eigenvalue weighted by atomic mass is 10.1. The summed E-state index contributed by atoms with van der Waals surface area (Å²) >= 11 is 0. The van der Waals surface area contributed by atoms with Crippen molar-refractivity contribution >= 4 is 5.82 Å². The van der Waals surface area contributed by atoms with Crippen LogP contribution < -0.4 is 4.90 Å². The molecule has 1 aliphatic rings. The monoisotopic (exact) mass is 378 g/mol. The number of aliphatic hydroxyl groups is 1. The van der Waals surface area contributed by atoms with Crippen LogP contribution in [0.5, 0.6) is 0 Å². The average molecular weight is 378 g/mol. The summed E-state index contributed by atoms with van der Waals surface area (Å²) in [6.07, 6.45) is 8.48. The molecule has 1 fully saturated rings. The highest BCUT2D eigenvalue weighted by Gasteiger charge is 2.26. The molecule has 4 rings (SSSR count). The van der Waals surface area contributed by atoms with Gasteiger partial charge in [-0.25, -0.2) is 4.98 Å². The van der Waals surface area contributed by atoms with Crippen LogP contribution in [0.1, 0.15) is 30.5 Å². The number of piperazine rings is 1. The number of rotatable bonds is 6. The Hall–Kier alpha value is -2.77. The molecule has 1 aliphatic heterocycles. The molecule has 0 radical (unpaired) electrons. The van der Waals surface area contributed by atoms with Crippen molar-refractivity contribution in [2.24, 2.45) is 0 Å². The zero-order valence-corrected chi connectivity index (χ0v) is 16.1. The third-order valence-corrected chi connectivity index (χ3v) is 5.43. The lowest BCUT2D eigenvalue weighted by Gasteiger charge is -2.39. The summed E-state index contributed by atoms with van der Waals surface area (Å²) in [5, 5.41) is 16.3. The van der Waals surface area contributed by atoms with Gasteiger partial charge >= 0.3 is 0 Å². The second-order valence-electron chi connectivity index (χ2n) is 7.06. The first-order valence-electron chi connectivity index (χ1n) is 9.79. The predicted octanol–water partition coefficient (Wildman–Crippen LogP) is 2.63. The van der Waals surface area contributed by atoms with E-state index in [0.29, 0.717) is 6.04 Å². The van der Waals surface area contributed by atoms with E-state index in [1.807, 2.05) is 36.7 Å². The molecule has 28 heavy (non-hydrogen) atoms. The van der Waals surface area contributed by atoms with E-state index in [2.05, 4.69) is 36.9 Å². The summed E-state index contributed by atoms with van der Waals surface area (Å²) < 4.78 is 0. The van der Waals surface area contributed by atoms with Crippen LogP contribution in [0.3, 0.4) is 0 Å². The van der Waals surface area contributed by atoms with E-state index in [4.69, 9.17) is 0 Å². The third-order valence-electron chi connectivity index (χ3n) is 5.43. The standard InChI is InChI=1S/C21H26N6O/c1-2-19(18-13-24-25-14-18)26-9-11-27(12-10-26)21-20(22-7-8-23-21)17-5-3-16(15-28)4-6-17/h3-8,13-14,19,28H,2,9-12,15H2,1H3,(H,24,25). The molecule has 1 aromatic carbocycles. The van der Waals surface area contributed by atoms with Gasteiger partial charge in [-0.05, 0) is 12.0 Å². The van der Waals surface area contributed by atoms with Crippen LogP contribution in [0.2, 0.25) is 0 Å². The lowest BCUT2D eigenvalue weighted by Crippen LogP contribution is -2.48. The summed E-state index contributed by atoms with van der Waals surface area (Å²) in [6.45, 7) is 6.04. The Morgan fingerprint density at radius 1 is 1.07 bits per heavy atom. The number of aromatic nitrogens is 4. The Morgan fingerprint density at radius 2 is 1.82 bits per heavy atom. The summed E-state index contributed by atoms with van der Waals surface area (Å²) in [5.41, 5.74) is 4.06. The number of anilines is 1. The van der Waals surface area contributed by atoms with Crippen LogP contribution >= 0.6 is 0 Å². The number of hydrogen-bond acceptors (Lipinski definition) is 6. The number of nitrogens with zero attached hydrogens (tertiary/aromatic N) is 5. The molecule has 0 aliphatic carbocycles. The zero-order valence-electron chi connectivity index (χ0n) is 16.1. The molecule has 0 saturated carbocycles. The molecule has 1 unspecified atom stereocenters. The molecule has 1 saturated heterocycles. The van der Waals surface area contributed by atoms with Gasteiger partial charge in [-0.1, -0.05) is 31.2 Å². The lowest BCUT2D eigenvalue weighted by molar-refractivity contribution is 0.181. The first kappa shape index (κ1) is 18.6. The fourth-order valence-electron chi connectivity index (χ4n) is 3.93. The van der Waals surface area contributed by atoms with E-state index in [0.717, 1.165) is 55.2 Å². The maximum atomic E-state index is 9.27. The van der Waals surface area contributed by atoms with Gasteiger partial charge in [-0.2, -0.15) is 5.10 Å². The van der Waals surface area contributed by atoms with Gasteiger partial charge in [0.05, 0.1) is 12.8 Å². The van der Waals surface area contributed by atoms with Crippen LogP contribution in [0.25, 0.3) is 11.3 Å². The van der Waals surface area contributed by atoms with Crippen molar-refractivity contribution in [3.63, 3.8) is 0 Å². The Kier molecular flexibility index (Phi) is 5.64. The highest BCUT2D eigenvalue weighted by Crippen LogP contribution is 2.30. The number of H-pyrrole nitrogens is 1. The first-order chi connectivity index (χ1) is 13.8. The summed E-state index contributed by atoms with van der Waals surface area (Å²) in [6, 6.07) is 8.27.